The molecule has 4 nitrogen and oxygen atoms in total. The molecule has 0 unspecified atom stereocenters. The second-order valence-corrected chi connectivity index (χ2v) is 10.9. The molecule has 0 aliphatic heterocycles. The Kier molecular flexibility index (Phi) is 15.6. The fraction of sp³-hybridized carbons (Fsp3) is 0.381. The molecule has 0 aromatic heterocycles. The van der Waals surface area contributed by atoms with Crippen LogP contribution in [0.5, 0.6) is 23.0 Å². The summed E-state index contributed by atoms with van der Waals surface area (Å²) in [4.78, 5) is 0. The van der Waals surface area contributed by atoms with Crippen molar-refractivity contribution in [3.05, 3.63) is 81.9 Å². The van der Waals surface area contributed by atoms with Crippen LogP contribution >= 0.6 is 0 Å². The van der Waals surface area contributed by atoms with Crippen LogP contribution in [0.3, 0.4) is 0 Å². The summed E-state index contributed by atoms with van der Waals surface area (Å²) in [6.07, 6.45) is 19.5. The first-order valence-electron chi connectivity index (χ1n) is 16.5. The lowest BCUT2D eigenvalue weighted by atomic mass is 10.1. The van der Waals surface area contributed by atoms with Gasteiger partial charge in [-0.1, -0.05) is 95.0 Å². The predicted molar refractivity (Wildman–Crippen MR) is 189 cm³/mol. The third-order valence-electron chi connectivity index (χ3n) is 7.04. The molecule has 46 heavy (non-hydrogen) atoms. The number of benzene rings is 3. The average molecular weight is 615 g/mol. The normalized spacial score (nSPS) is 9.96. The van der Waals surface area contributed by atoms with Crippen molar-refractivity contribution in [2.45, 2.75) is 79.1 Å². The van der Waals surface area contributed by atoms with Crippen molar-refractivity contribution in [2.24, 2.45) is 0 Å². The third kappa shape index (κ3) is 11.2. The average Bonchev–Trinajstić information content (AvgIpc) is 3.08. The SMILES string of the molecule is C#Cc1cc(OCCCC)c(C#Cc2cccc(C#Cc3cc(OCCCC)c(C#C)cc3OCCCC)c2)cc1OCCCC. The molecule has 0 spiro atoms. The summed E-state index contributed by atoms with van der Waals surface area (Å²) >= 11 is 0. The lowest BCUT2D eigenvalue weighted by Crippen LogP contribution is -2.03. The first-order chi connectivity index (χ1) is 22.6. The van der Waals surface area contributed by atoms with Crippen LogP contribution in [0.15, 0.2) is 48.5 Å². The molecule has 3 aromatic carbocycles. The maximum atomic E-state index is 6.09. The monoisotopic (exact) mass is 614 g/mol. The summed E-state index contributed by atoms with van der Waals surface area (Å²) in [7, 11) is 0. The van der Waals surface area contributed by atoms with E-state index in [4.69, 9.17) is 31.8 Å². The lowest BCUT2D eigenvalue weighted by molar-refractivity contribution is 0.299. The van der Waals surface area contributed by atoms with Crippen molar-refractivity contribution in [3.8, 4) is 71.4 Å². The number of unbranched alkanes of at least 4 members (excludes halogenated alkanes) is 4. The predicted octanol–water partition coefficient (Wildman–Crippen LogP) is 9.16. The van der Waals surface area contributed by atoms with Crippen LogP contribution in [-0.2, 0) is 0 Å². The van der Waals surface area contributed by atoms with E-state index in [0.717, 1.165) is 73.6 Å². The minimum atomic E-state index is 0.591. The summed E-state index contributed by atoms with van der Waals surface area (Å²) in [5.74, 6) is 21.3. The Labute approximate surface area is 277 Å². The van der Waals surface area contributed by atoms with Gasteiger partial charge < -0.3 is 18.9 Å². The second kappa shape index (κ2) is 20.2. The Morgan fingerprint density at radius 1 is 0.457 bits per heavy atom. The number of hydrogen-bond acceptors (Lipinski definition) is 4. The van der Waals surface area contributed by atoms with E-state index in [9.17, 15) is 0 Å². The van der Waals surface area contributed by atoms with E-state index in [2.05, 4.69) is 63.2 Å². The van der Waals surface area contributed by atoms with E-state index in [0.29, 0.717) is 60.6 Å². The van der Waals surface area contributed by atoms with Crippen molar-refractivity contribution in [3.63, 3.8) is 0 Å². The minimum Gasteiger partial charge on any atom is -0.492 e. The Balaban J connectivity index is 1.96. The molecule has 0 saturated carbocycles. The van der Waals surface area contributed by atoms with Gasteiger partial charge in [0, 0.05) is 35.4 Å². The summed E-state index contributed by atoms with van der Waals surface area (Å²) in [5.41, 5.74) is 4.45. The molecular formula is C42H46O4. The van der Waals surface area contributed by atoms with Crippen molar-refractivity contribution >= 4 is 0 Å². The smallest absolute Gasteiger partial charge is 0.136 e. The molecule has 0 radical (unpaired) electrons. The molecule has 4 heteroatoms. The van der Waals surface area contributed by atoms with E-state index < -0.39 is 0 Å². The zero-order valence-corrected chi connectivity index (χ0v) is 27.9. The van der Waals surface area contributed by atoms with Crippen LogP contribution in [-0.4, -0.2) is 26.4 Å². The van der Waals surface area contributed by atoms with Crippen molar-refractivity contribution < 1.29 is 18.9 Å². The van der Waals surface area contributed by atoms with E-state index >= 15 is 0 Å². The Morgan fingerprint density at radius 2 is 0.783 bits per heavy atom. The number of hydrogen-bond donors (Lipinski definition) is 0. The van der Waals surface area contributed by atoms with Crippen LogP contribution < -0.4 is 18.9 Å². The number of rotatable bonds is 16. The zero-order valence-electron chi connectivity index (χ0n) is 27.9. The van der Waals surface area contributed by atoms with Gasteiger partial charge in [-0.15, -0.1) is 12.8 Å². The molecule has 0 fully saturated rings. The van der Waals surface area contributed by atoms with Gasteiger partial charge in [0.25, 0.3) is 0 Å². The Bertz CT molecular complexity index is 1510. The summed E-state index contributed by atoms with van der Waals surface area (Å²) in [5, 5.41) is 0. The third-order valence-corrected chi connectivity index (χ3v) is 7.04. The lowest BCUT2D eigenvalue weighted by Gasteiger charge is -2.13. The van der Waals surface area contributed by atoms with Crippen LogP contribution in [0.4, 0.5) is 0 Å². The van der Waals surface area contributed by atoms with E-state index in [1.54, 1.807) is 0 Å². The van der Waals surface area contributed by atoms with Gasteiger partial charge in [-0.25, -0.2) is 0 Å². The highest BCUT2D eigenvalue weighted by atomic mass is 16.5. The first kappa shape index (κ1) is 35.6. The molecule has 0 atom stereocenters. The maximum Gasteiger partial charge on any atom is 0.136 e. The summed E-state index contributed by atoms with van der Waals surface area (Å²) in [6, 6.07) is 15.3. The van der Waals surface area contributed by atoms with Crippen LogP contribution in [0.1, 0.15) is 112 Å². The highest BCUT2D eigenvalue weighted by molar-refractivity contribution is 5.61. The Morgan fingerprint density at radius 3 is 1.11 bits per heavy atom. The van der Waals surface area contributed by atoms with Gasteiger partial charge >= 0.3 is 0 Å². The quantitative estimate of drug-likeness (QED) is 0.119. The first-order valence-corrected chi connectivity index (χ1v) is 16.5. The number of ether oxygens (including phenoxy) is 4. The van der Waals surface area contributed by atoms with Crippen LogP contribution in [0.25, 0.3) is 0 Å². The topological polar surface area (TPSA) is 36.9 Å². The zero-order chi connectivity index (χ0) is 33.0. The minimum absolute atomic E-state index is 0.591. The van der Waals surface area contributed by atoms with Gasteiger partial charge in [0.05, 0.1) is 48.7 Å². The fourth-order valence-electron chi connectivity index (χ4n) is 4.28. The maximum absolute atomic E-state index is 6.09. The highest BCUT2D eigenvalue weighted by Gasteiger charge is 2.12. The molecule has 3 aromatic rings. The van der Waals surface area contributed by atoms with Gasteiger partial charge in [-0.3, -0.25) is 0 Å². The van der Waals surface area contributed by atoms with E-state index in [1.807, 2.05) is 48.5 Å². The highest BCUT2D eigenvalue weighted by Crippen LogP contribution is 2.30. The van der Waals surface area contributed by atoms with Gasteiger partial charge in [-0.2, -0.15) is 0 Å². The molecule has 0 amide bonds. The van der Waals surface area contributed by atoms with Gasteiger partial charge in [0.2, 0.25) is 0 Å². The molecule has 0 saturated heterocycles. The van der Waals surface area contributed by atoms with Crippen molar-refractivity contribution in [1.29, 1.82) is 0 Å². The molecular weight excluding hydrogens is 568 g/mol. The van der Waals surface area contributed by atoms with Crippen LogP contribution in [0.2, 0.25) is 0 Å². The van der Waals surface area contributed by atoms with Gasteiger partial charge in [0.1, 0.15) is 23.0 Å². The molecule has 238 valence electrons. The molecule has 0 bridgehead atoms. The van der Waals surface area contributed by atoms with E-state index in [-0.39, 0.29) is 0 Å². The van der Waals surface area contributed by atoms with Gasteiger partial charge in [-0.05, 0) is 43.9 Å². The van der Waals surface area contributed by atoms with Gasteiger partial charge in [0.15, 0.2) is 0 Å². The largest absolute Gasteiger partial charge is 0.492 e. The summed E-state index contributed by atoms with van der Waals surface area (Å²) < 4.78 is 24.2. The molecule has 0 aliphatic rings. The standard InChI is InChI=1S/C42H46O4/c1-7-13-24-43-39-31-37(41(29-35(39)11-5)45-26-15-9-3)22-20-33-18-17-19-34(28-33)21-23-38-32-40(44-25-14-8-2)36(12-6)30-42(38)46-27-16-10-4/h5-6,17-19,28-32H,7-10,13-16,24-27H2,1-4H3. The Hall–Kier alpha value is -4.90. The number of terminal acetylenes is 2. The molecule has 0 heterocycles. The summed E-state index contributed by atoms with van der Waals surface area (Å²) in [6.45, 7) is 10.9. The van der Waals surface area contributed by atoms with E-state index in [1.165, 1.54) is 0 Å². The molecule has 0 N–H and O–H groups in total. The fourth-order valence-corrected chi connectivity index (χ4v) is 4.28. The van der Waals surface area contributed by atoms with Crippen molar-refractivity contribution in [2.75, 3.05) is 26.4 Å². The van der Waals surface area contributed by atoms with Crippen molar-refractivity contribution in [1.82, 2.24) is 0 Å². The molecule has 3 rings (SSSR count). The second-order valence-electron chi connectivity index (χ2n) is 10.9. The van der Waals surface area contributed by atoms with Crippen LogP contribution in [0, 0.1) is 48.4 Å². The molecule has 0 aliphatic carbocycles.